The van der Waals surface area contributed by atoms with E-state index in [2.05, 4.69) is 16.4 Å². The van der Waals surface area contributed by atoms with Crippen LogP contribution in [0.3, 0.4) is 0 Å². The van der Waals surface area contributed by atoms with Crippen LogP contribution < -0.4 is 16.6 Å². The summed E-state index contributed by atoms with van der Waals surface area (Å²) in [5.74, 6) is -0.715. The highest BCUT2D eigenvalue weighted by Gasteiger charge is 2.42. The molecule has 0 saturated carbocycles. The van der Waals surface area contributed by atoms with Crippen molar-refractivity contribution in [2.75, 3.05) is 19.8 Å². The fourth-order valence-electron chi connectivity index (χ4n) is 3.83. The normalized spacial score (nSPS) is 21.6. The van der Waals surface area contributed by atoms with E-state index in [1.807, 2.05) is 13.8 Å². The number of allylic oxidation sites excluding steroid dienone is 3. The third kappa shape index (κ3) is 3.72. The summed E-state index contributed by atoms with van der Waals surface area (Å²) >= 11 is 0. The lowest BCUT2D eigenvalue weighted by Crippen LogP contribution is -2.39. The van der Waals surface area contributed by atoms with Crippen LogP contribution in [-0.4, -0.2) is 30.5 Å². The summed E-state index contributed by atoms with van der Waals surface area (Å²) in [6, 6.07) is 5.57. The predicted molar refractivity (Wildman–Crippen MR) is 100 cm³/mol. The summed E-state index contributed by atoms with van der Waals surface area (Å²) < 4.78 is 5.54. The van der Waals surface area contributed by atoms with Crippen LogP contribution in [0.5, 0.6) is 0 Å². The van der Waals surface area contributed by atoms with E-state index < -0.39 is 5.92 Å². The van der Waals surface area contributed by atoms with E-state index in [-0.39, 0.29) is 23.4 Å². The molecule has 1 aromatic heterocycles. The lowest BCUT2D eigenvalue weighted by molar-refractivity contribution is -0.118. The number of ketones is 1. The average molecular weight is 368 g/mol. The molecule has 4 N–H and O–H groups in total. The number of dihydropyridines is 1. The Balaban J connectivity index is 2.15. The van der Waals surface area contributed by atoms with Crippen molar-refractivity contribution >= 4 is 5.78 Å². The molecule has 0 bridgehead atoms. The van der Waals surface area contributed by atoms with Crippen molar-refractivity contribution in [3.8, 4) is 6.07 Å². The van der Waals surface area contributed by atoms with Crippen molar-refractivity contribution in [1.29, 1.82) is 5.26 Å². The highest BCUT2D eigenvalue weighted by Crippen LogP contribution is 2.45. The molecule has 142 valence electrons. The molecular weight excluding hydrogens is 344 g/mol. The Morgan fingerprint density at radius 1 is 1.37 bits per heavy atom. The minimum Gasteiger partial charge on any atom is -0.374 e. The number of carbonyl (C=O) groups is 1. The summed E-state index contributed by atoms with van der Waals surface area (Å²) in [5.41, 5.74) is 7.61. The lowest BCUT2D eigenvalue weighted by atomic mass is 9.69. The van der Waals surface area contributed by atoms with Gasteiger partial charge in [-0.3, -0.25) is 9.59 Å². The van der Waals surface area contributed by atoms with E-state index in [1.54, 1.807) is 12.1 Å². The molecule has 1 aliphatic carbocycles. The van der Waals surface area contributed by atoms with Crippen molar-refractivity contribution in [2.45, 2.75) is 32.6 Å². The minimum atomic E-state index is -0.684. The molecule has 1 aliphatic heterocycles. The van der Waals surface area contributed by atoms with Crippen LogP contribution in [0.4, 0.5) is 0 Å². The molecule has 0 fully saturated rings. The molecule has 1 unspecified atom stereocenters. The van der Waals surface area contributed by atoms with E-state index in [4.69, 9.17) is 10.5 Å². The third-order valence-corrected chi connectivity index (χ3v) is 4.91. The molecular formula is C20H24N4O3. The smallest absolute Gasteiger partial charge is 0.252 e. The zero-order valence-corrected chi connectivity index (χ0v) is 15.6. The summed E-state index contributed by atoms with van der Waals surface area (Å²) in [6.45, 7) is 4.98. The molecule has 0 spiro atoms. The Morgan fingerprint density at radius 3 is 2.81 bits per heavy atom. The number of nitrogens with two attached hydrogens (primary N) is 1. The van der Waals surface area contributed by atoms with Gasteiger partial charge in [0.15, 0.2) is 5.78 Å². The second-order valence-electron chi connectivity index (χ2n) is 7.69. The summed E-state index contributed by atoms with van der Waals surface area (Å²) in [5, 5.41) is 13.1. The highest BCUT2D eigenvalue weighted by atomic mass is 16.5. The fraction of sp³-hybridized carbons (Fsp3) is 0.450. The van der Waals surface area contributed by atoms with Gasteiger partial charge in [0.2, 0.25) is 0 Å². The first kappa shape index (κ1) is 19.1. The van der Waals surface area contributed by atoms with Crippen LogP contribution in [0.2, 0.25) is 0 Å². The number of nitriles is 1. The Hall–Kier alpha value is -2.69. The number of pyridine rings is 1. The van der Waals surface area contributed by atoms with Crippen LogP contribution in [0, 0.1) is 16.7 Å². The summed E-state index contributed by atoms with van der Waals surface area (Å²) in [6.07, 6.45) is 2.58. The van der Waals surface area contributed by atoms with E-state index in [9.17, 15) is 14.9 Å². The average Bonchev–Trinajstić information content (AvgIpc) is 2.60. The first-order chi connectivity index (χ1) is 12.9. The van der Waals surface area contributed by atoms with Crippen LogP contribution in [0.15, 0.2) is 45.7 Å². The number of ether oxygens (including phenoxy) is 1. The molecule has 2 heterocycles. The molecule has 2 aliphatic rings. The maximum atomic E-state index is 13.0. The molecule has 3 rings (SSSR count). The maximum absolute atomic E-state index is 13.0. The molecule has 0 radical (unpaired) electrons. The van der Waals surface area contributed by atoms with Gasteiger partial charge in [0.05, 0.1) is 36.5 Å². The molecule has 0 amide bonds. The lowest BCUT2D eigenvalue weighted by Gasteiger charge is -2.38. The molecule has 0 saturated heterocycles. The van der Waals surface area contributed by atoms with Crippen molar-refractivity contribution in [1.82, 2.24) is 10.3 Å². The van der Waals surface area contributed by atoms with Gasteiger partial charge in [-0.15, -0.1) is 0 Å². The fourth-order valence-corrected chi connectivity index (χ4v) is 3.83. The third-order valence-electron chi connectivity index (χ3n) is 4.91. The van der Waals surface area contributed by atoms with Gasteiger partial charge in [-0.1, -0.05) is 19.9 Å². The van der Waals surface area contributed by atoms with Crippen LogP contribution in [0.25, 0.3) is 0 Å². The van der Waals surface area contributed by atoms with E-state index in [0.717, 1.165) is 5.70 Å². The summed E-state index contributed by atoms with van der Waals surface area (Å²) in [4.78, 5) is 28.1. The minimum absolute atomic E-state index is 0.0309. The van der Waals surface area contributed by atoms with Gasteiger partial charge in [0.1, 0.15) is 0 Å². The maximum Gasteiger partial charge on any atom is 0.252 e. The number of hydrogen-bond acceptors (Lipinski definition) is 6. The first-order valence-corrected chi connectivity index (χ1v) is 9.00. The number of carbonyl (C=O) groups excluding carboxylic acids is 1. The number of hydrogen-bond donors (Lipinski definition) is 3. The zero-order valence-electron chi connectivity index (χ0n) is 15.6. The van der Waals surface area contributed by atoms with Crippen molar-refractivity contribution in [3.05, 3.63) is 56.8 Å². The molecule has 7 nitrogen and oxygen atoms in total. The summed E-state index contributed by atoms with van der Waals surface area (Å²) in [7, 11) is 0. The van der Waals surface area contributed by atoms with Gasteiger partial charge >= 0.3 is 0 Å². The number of nitrogens with zero attached hydrogens (tertiary/aromatic N) is 1. The monoisotopic (exact) mass is 368 g/mol. The molecule has 27 heavy (non-hydrogen) atoms. The van der Waals surface area contributed by atoms with E-state index in [0.29, 0.717) is 48.4 Å². The van der Waals surface area contributed by atoms with Gasteiger partial charge < -0.3 is 20.8 Å². The van der Waals surface area contributed by atoms with Gasteiger partial charge in [0, 0.05) is 36.0 Å². The van der Waals surface area contributed by atoms with Crippen molar-refractivity contribution in [2.24, 2.45) is 11.1 Å². The first-order valence-electron chi connectivity index (χ1n) is 9.00. The zero-order chi connectivity index (χ0) is 19.6. The van der Waals surface area contributed by atoms with Crippen LogP contribution >= 0.6 is 0 Å². The predicted octanol–water partition coefficient (Wildman–Crippen LogP) is 1.46. The standard InChI is InChI=1S/C20H24N4O3/c1-20(2)8-14-18(16(25)9-20)17(12-4-3-6-23-19(12)26)13(10-22)15(24-14)11-27-7-5-21/h3-4,6,17,24H,5,7-9,11,21H2,1-2H3,(H,23,26). The Bertz CT molecular complexity index is 918. The number of H-pyrrole nitrogens is 1. The second kappa shape index (κ2) is 7.51. The van der Waals surface area contributed by atoms with Gasteiger partial charge in [-0.05, 0) is 17.9 Å². The highest BCUT2D eigenvalue weighted by molar-refractivity contribution is 6.00. The Kier molecular flexibility index (Phi) is 5.31. The SMILES string of the molecule is CC1(C)CC(=O)C2=C(C1)NC(COCCN)=C(C#N)C2c1ccc[nH]c1=O. The van der Waals surface area contributed by atoms with E-state index >= 15 is 0 Å². The van der Waals surface area contributed by atoms with E-state index in [1.165, 1.54) is 6.20 Å². The second-order valence-corrected chi connectivity index (χ2v) is 7.69. The van der Waals surface area contributed by atoms with Crippen molar-refractivity contribution < 1.29 is 9.53 Å². The number of aromatic nitrogens is 1. The number of rotatable bonds is 5. The van der Waals surface area contributed by atoms with Gasteiger partial charge in [0.25, 0.3) is 5.56 Å². The van der Waals surface area contributed by atoms with Gasteiger partial charge in [-0.25, -0.2) is 0 Å². The molecule has 0 aromatic carbocycles. The molecule has 1 aromatic rings. The topological polar surface area (TPSA) is 121 Å². The van der Waals surface area contributed by atoms with Gasteiger partial charge in [-0.2, -0.15) is 5.26 Å². The Morgan fingerprint density at radius 2 is 2.15 bits per heavy atom. The van der Waals surface area contributed by atoms with Crippen LogP contribution in [-0.2, 0) is 9.53 Å². The molecule has 1 atom stereocenters. The van der Waals surface area contributed by atoms with Crippen LogP contribution in [0.1, 0.15) is 38.2 Å². The largest absolute Gasteiger partial charge is 0.374 e. The molecule has 7 heteroatoms. The number of nitrogens with one attached hydrogen (secondary N) is 2. The number of aromatic amines is 1. The quantitative estimate of drug-likeness (QED) is 0.677. The van der Waals surface area contributed by atoms with Crippen molar-refractivity contribution in [3.63, 3.8) is 0 Å². The number of Topliss-reactive ketones (excluding diaryl/α,β-unsaturated/α-hetero) is 1. The Labute approximate surface area is 157 Å².